The number of rotatable bonds is 2. The first-order valence-corrected chi connectivity index (χ1v) is 5.74. The summed E-state index contributed by atoms with van der Waals surface area (Å²) in [5.74, 6) is -1.92. The fourth-order valence-corrected chi connectivity index (χ4v) is 1.79. The SMILES string of the molecule is CNS(=O)(=O)c1cc(F)c(Br)c(F)c1. The lowest BCUT2D eigenvalue weighted by atomic mass is 10.3. The summed E-state index contributed by atoms with van der Waals surface area (Å²) in [6.07, 6.45) is 0. The molecule has 1 N–H and O–H groups in total. The van der Waals surface area contributed by atoms with Crippen molar-refractivity contribution in [3.8, 4) is 0 Å². The number of halogens is 3. The van der Waals surface area contributed by atoms with E-state index in [-0.39, 0.29) is 4.47 Å². The molecule has 0 amide bonds. The number of hydrogen-bond donors (Lipinski definition) is 1. The van der Waals surface area contributed by atoms with Crippen LogP contribution in [0, 0.1) is 11.6 Å². The first kappa shape index (κ1) is 11.5. The summed E-state index contributed by atoms with van der Waals surface area (Å²) in [5, 5.41) is 0. The maximum absolute atomic E-state index is 12.9. The molecule has 1 aromatic carbocycles. The second-order valence-electron chi connectivity index (χ2n) is 2.41. The van der Waals surface area contributed by atoms with Gasteiger partial charge in [0, 0.05) is 0 Å². The van der Waals surface area contributed by atoms with E-state index in [1.165, 1.54) is 0 Å². The number of nitrogens with one attached hydrogen (secondary N) is 1. The first-order valence-electron chi connectivity index (χ1n) is 3.46. The van der Waals surface area contributed by atoms with Crippen molar-refractivity contribution in [2.75, 3.05) is 7.05 Å². The van der Waals surface area contributed by atoms with Crippen molar-refractivity contribution in [2.45, 2.75) is 4.90 Å². The molecule has 0 fully saturated rings. The fraction of sp³-hybridized carbons (Fsp3) is 0.143. The van der Waals surface area contributed by atoms with E-state index in [9.17, 15) is 17.2 Å². The minimum Gasteiger partial charge on any atom is -0.214 e. The summed E-state index contributed by atoms with van der Waals surface area (Å²) in [6.45, 7) is 0. The zero-order chi connectivity index (χ0) is 10.9. The Labute approximate surface area is 88.3 Å². The normalized spacial score (nSPS) is 11.7. The Balaban J connectivity index is 3.41. The van der Waals surface area contributed by atoms with Gasteiger partial charge in [0.25, 0.3) is 0 Å². The highest BCUT2D eigenvalue weighted by Crippen LogP contribution is 2.23. The van der Waals surface area contributed by atoms with E-state index >= 15 is 0 Å². The maximum Gasteiger partial charge on any atom is 0.240 e. The maximum atomic E-state index is 12.9. The third-order valence-corrected chi connectivity index (χ3v) is 3.69. The standard InChI is InChI=1S/C7H6BrF2NO2S/c1-11-14(12,13)4-2-5(9)7(8)6(10)3-4/h2-3,11H,1H3. The topological polar surface area (TPSA) is 46.2 Å². The van der Waals surface area contributed by atoms with Crippen LogP contribution in [0.1, 0.15) is 0 Å². The number of hydrogen-bond acceptors (Lipinski definition) is 2. The third-order valence-electron chi connectivity index (χ3n) is 1.54. The Kier molecular flexibility index (Phi) is 3.23. The highest BCUT2D eigenvalue weighted by atomic mass is 79.9. The van der Waals surface area contributed by atoms with Gasteiger partial charge in [-0.1, -0.05) is 0 Å². The van der Waals surface area contributed by atoms with E-state index < -0.39 is 26.6 Å². The van der Waals surface area contributed by atoms with E-state index in [0.29, 0.717) is 0 Å². The van der Waals surface area contributed by atoms with Gasteiger partial charge in [-0.25, -0.2) is 21.9 Å². The molecule has 7 heteroatoms. The molecule has 0 atom stereocenters. The monoisotopic (exact) mass is 285 g/mol. The number of benzene rings is 1. The third kappa shape index (κ3) is 2.10. The van der Waals surface area contributed by atoms with Gasteiger partial charge in [-0.2, -0.15) is 0 Å². The van der Waals surface area contributed by atoms with Crippen LogP contribution >= 0.6 is 15.9 Å². The zero-order valence-electron chi connectivity index (χ0n) is 7.01. The van der Waals surface area contributed by atoms with Gasteiger partial charge in [-0.3, -0.25) is 0 Å². The molecule has 78 valence electrons. The molecule has 0 aliphatic heterocycles. The molecule has 14 heavy (non-hydrogen) atoms. The molecule has 1 rings (SSSR count). The largest absolute Gasteiger partial charge is 0.240 e. The van der Waals surface area contributed by atoms with Crippen molar-refractivity contribution >= 4 is 26.0 Å². The zero-order valence-corrected chi connectivity index (χ0v) is 9.42. The van der Waals surface area contributed by atoms with Gasteiger partial charge in [-0.15, -0.1) is 0 Å². The summed E-state index contributed by atoms with van der Waals surface area (Å²) < 4.78 is 49.7. The van der Waals surface area contributed by atoms with E-state index in [1.807, 2.05) is 4.72 Å². The van der Waals surface area contributed by atoms with Crippen LogP contribution < -0.4 is 4.72 Å². The Morgan fingerprint density at radius 3 is 2.07 bits per heavy atom. The van der Waals surface area contributed by atoms with Gasteiger partial charge in [0.2, 0.25) is 10.0 Å². The van der Waals surface area contributed by atoms with Crippen molar-refractivity contribution in [3.05, 3.63) is 28.2 Å². The van der Waals surface area contributed by atoms with Gasteiger partial charge in [-0.05, 0) is 35.1 Å². The summed E-state index contributed by atoms with van der Waals surface area (Å²) in [6, 6.07) is 1.47. The molecule has 0 saturated carbocycles. The van der Waals surface area contributed by atoms with Crippen LogP contribution in [0.2, 0.25) is 0 Å². The van der Waals surface area contributed by atoms with Crippen LogP contribution in [0.15, 0.2) is 21.5 Å². The average molecular weight is 286 g/mol. The van der Waals surface area contributed by atoms with E-state index in [4.69, 9.17) is 0 Å². The second kappa shape index (κ2) is 3.92. The van der Waals surface area contributed by atoms with Crippen LogP contribution in [-0.2, 0) is 10.0 Å². The van der Waals surface area contributed by atoms with Crippen LogP contribution in [-0.4, -0.2) is 15.5 Å². The molecule has 0 aliphatic carbocycles. The molecule has 3 nitrogen and oxygen atoms in total. The summed E-state index contributed by atoms with van der Waals surface area (Å²) in [5.41, 5.74) is 0. The molecule has 0 saturated heterocycles. The van der Waals surface area contributed by atoms with Gasteiger partial charge in [0.1, 0.15) is 11.6 Å². The Bertz CT molecular complexity index is 438. The summed E-state index contributed by atoms with van der Waals surface area (Å²) in [4.78, 5) is -0.446. The molecular formula is C7H6BrF2NO2S. The lowest BCUT2D eigenvalue weighted by Crippen LogP contribution is -2.19. The van der Waals surface area contributed by atoms with Crippen molar-refractivity contribution < 1.29 is 17.2 Å². The van der Waals surface area contributed by atoms with Crippen molar-refractivity contribution in [1.82, 2.24) is 4.72 Å². The van der Waals surface area contributed by atoms with Gasteiger partial charge >= 0.3 is 0 Å². The molecule has 0 unspecified atom stereocenters. The molecule has 0 aromatic heterocycles. The first-order chi connectivity index (χ1) is 6.38. The predicted octanol–water partition coefficient (Wildman–Crippen LogP) is 1.64. The molecule has 0 bridgehead atoms. The summed E-state index contributed by atoms with van der Waals surface area (Å²) >= 11 is 2.64. The molecule has 1 aromatic rings. The molecule has 0 aliphatic rings. The second-order valence-corrected chi connectivity index (χ2v) is 5.09. The predicted molar refractivity (Wildman–Crippen MR) is 50.3 cm³/mol. The summed E-state index contributed by atoms with van der Waals surface area (Å²) in [7, 11) is -2.65. The quantitative estimate of drug-likeness (QED) is 0.840. The van der Waals surface area contributed by atoms with Gasteiger partial charge < -0.3 is 0 Å². The molecule has 0 heterocycles. The van der Waals surface area contributed by atoms with Crippen LogP contribution in [0.5, 0.6) is 0 Å². The fourth-order valence-electron chi connectivity index (χ4n) is 0.805. The average Bonchev–Trinajstić information content (AvgIpc) is 2.13. The van der Waals surface area contributed by atoms with E-state index in [1.54, 1.807) is 0 Å². The Morgan fingerprint density at radius 1 is 1.29 bits per heavy atom. The van der Waals surface area contributed by atoms with Crippen molar-refractivity contribution in [3.63, 3.8) is 0 Å². The highest BCUT2D eigenvalue weighted by Gasteiger charge is 2.16. The van der Waals surface area contributed by atoms with Crippen molar-refractivity contribution in [1.29, 1.82) is 0 Å². The van der Waals surface area contributed by atoms with Crippen LogP contribution in [0.3, 0.4) is 0 Å². The number of sulfonamides is 1. The van der Waals surface area contributed by atoms with E-state index in [2.05, 4.69) is 15.9 Å². The molecule has 0 spiro atoms. The Hall–Kier alpha value is -0.530. The van der Waals surface area contributed by atoms with Crippen LogP contribution in [0.25, 0.3) is 0 Å². The molecule has 0 radical (unpaired) electrons. The van der Waals surface area contributed by atoms with Gasteiger partial charge in [0.15, 0.2) is 0 Å². The lowest BCUT2D eigenvalue weighted by Gasteiger charge is -2.04. The molecular weight excluding hydrogens is 280 g/mol. The van der Waals surface area contributed by atoms with E-state index in [0.717, 1.165) is 19.2 Å². The van der Waals surface area contributed by atoms with Gasteiger partial charge in [0.05, 0.1) is 9.37 Å². The lowest BCUT2D eigenvalue weighted by molar-refractivity contribution is 0.556. The smallest absolute Gasteiger partial charge is 0.214 e. The van der Waals surface area contributed by atoms with Crippen LogP contribution in [0.4, 0.5) is 8.78 Å². The minimum absolute atomic E-state index is 0.382. The minimum atomic E-state index is -3.81. The highest BCUT2D eigenvalue weighted by molar-refractivity contribution is 9.10. The Morgan fingerprint density at radius 2 is 1.71 bits per heavy atom. The van der Waals surface area contributed by atoms with Crippen molar-refractivity contribution in [2.24, 2.45) is 0 Å².